The quantitative estimate of drug-likeness (QED) is 0.741. The van der Waals surface area contributed by atoms with Gasteiger partial charge in [-0.1, -0.05) is 34.5 Å². The van der Waals surface area contributed by atoms with Crippen molar-refractivity contribution in [3.63, 3.8) is 0 Å². The van der Waals surface area contributed by atoms with E-state index in [1.807, 2.05) is 0 Å². The lowest BCUT2D eigenvalue weighted by molar-refractivity contribution is 0.0944. The van der Waals surface area contributed by atoms with Crippen LogP contribution in [0.15, 0.2) is 21.5 Å². The number of hydrogen-bond acceptors (Lipinski definition) is 3. The van der Waals surface area contributed by atoms with Crippen LogP contribution >= 0.6 is 38.2 Å². The van der Waals surface area contributed by atoms with Crippen molar-refractivity contribution in [1.29, 1.82) is 0 Å². The molecule has 1 saturated carbocycles. The van der Waals surface area contributed by atoms with Crippen LogP contribution in [0, 0.1) is 5.41 Å². The van der Waals surface area contributed by atoms with Crippen molar-refractivity contribution >= 4 is 53.2 Å². The zero-order valence-corrected chi connectivity index (χ0v) is 15.2. The third-order valence-electron chi connectivity index (χ3n) is 3.84. The van der Waals surface area contributed by atoms with Gasteiger partial charge in [0.1, 0.15) is 4.90 Å². The molecule has 8 heteroatoms. The lowest BCUT2D eigenvalue weighted by atomic mass is 10.0. The van der Waals surface area contributed by atoms with Gasteiger partial charge in [-0.2, -0.15) is 0 Å². The zero-order valence-electron chi connectivity index (χ0n) is 11.3. The fraction of sp³-hybridized carbons (Fsp3) is 0.462. The van der Waals surface area contributed by atoms with E-state index in [2.05, 4.69) is 28.2 Å². The fourth-order valence-electron chi connectivity index (χ4n) is 2.10. The summed E-state index contributed by atoms with van der Waals surface area (Å²) < 4.78 is 23.4. The Labute approximate surface area is 141 Å². The number of hydrogen-bond donors (Lipinski definition) is 1. The van der Waals surface area contributed by atoms with Gasteiger partial charge in [-0.05, 0) is 36.8 Å². The average Bonchev–Trinajstić information content (AvgIpc) is 3.17. The summed E-state index contributed by atoms with van der Waals surface area (Å²) in [5, 5.41) is 2.66. The van der Waals surface area contributed by atoms with Crippen molar-refractivity contribution in [3.8, 4) is 0 Å². The Balaban J connectivity index is 2.27. The summed E-state index contributed by atoms with van der Waals surface area (Å²) in [4.78, 5) is 12.0. The largest absolute Gasteiger partial charge is 0.351 e. The molecule has 0 atom stereocenters. The van der Waals surface area contributed by atoms with Crippen LogP contribution in [0.3, 0.4) is 0 Å². The van der Waals surface area contributed by atoms with Gasteiger partial charge in [-0.15, -0.1) is 0 Å². The van der Waals surface area contributed by atoms with Crippen molar-refractivity contribution in [2.45, 2.75) is 31.1 Å². The van der Waals surface area contributed by atoms with Gasteiger partial charge in [0.25, 0.3) is 15.0 Å². The number of halogens is 3. The molecule has 0 spiro atoms. The molecule has 0 heterocycles. The maximum absolute atomic E-state index is 12.2. The van der Waals surface area contributed by atoms with Crippen molar-refractivity contribution in [2.24, 2.45) is 5.41 Å². The third kappa shape index (κ3) is 3.92. The maximum Gasteiger partial charge on any atom is 0.262 e. The van der Waals surface area contributed by atoms with Crippen molar-refractivity contribution < 1.29 is 13.2 Å². The van der Waals surface area contributed by atoms with E-state index in [0.29, 0.717) is 11.0 Å². The molecule has 0 aliphatic heterocycles. The molecule has 1 N–H and O–H groups in total. The lowest BCUT2D eigenvalue weighted by Gasteiger charge is -2.14. The first kappa shape index (κ1) is 17.1. The van der Waals surface area contributed by atoms with Gasteiger partial charge in [0.15, 0.2) is 0 Å². The van der Waals surface area contributed by atoms with Crippen molar-refractivity contribution in [3.05, 3.63) is 27.2 Å². The normalized spacial score (nSPS) is 16.6. The first-order chi connectivity index (χ1) is 9.68. The third-order valence-corrected chi connectivity index (χ3v) is 6.17. The minimum atomic E-state index is -4.02. The first-order valence-electron chi connectivity index (χ1n) is 6.40. The van der Waals surface area contributed by atoms with Crippen LogP contribution in [0.5, 0.6) is 0 Å². The van der Waals surface area contributed by atoms with Crippen LogP contribution in [-0.4, -0.2) is 20.9 Å². The average molecular weight is 415 g/mol. The standard InChI is InChI=1S/C13H14BrCl2NO3S/c1-2-13(3-4-13)7-17-12(18)9-5-8(14)6-10(11(9)15)21(16,19)20/h5-6H,2-4,7H2,1H3,(H,17,18). The molecule has 0 bridgehead atoms. The highest BCUT2D eigenvalue weighted by molar-refractivity contribution is 9.10. The maximum atomic E-state index is 12.2. The topological polar surface area (TPSA) is 63.2 Å². The van der Waals surface area contributed by atoms with E-state index < -0.39 is 15.0 Å². The van der Waals surface area contributed by atoms with Crippen LogP contribution < -0.4 is 5.32 Å². The highest BCUT2D eigenvalue weighted by Crippen LogP contribution is 2.47. The molecule has 4 nitrogen and oxygen atoms in total. The summed E-state index contributed by atoms with van der Waals surface area (Å²) in [6.07, 6.45) is 3.19. The molecule has 1 amide bonds. The van der Waals surface area contributed by atoms with E-state index in [9.17, 15) is 13.2 Å². The predicted octanol–water partition coefficient (Wildman–Crippen LogP) is 3.95. The summed E-state index contributed by atoms with van der Waals surface area (Å²) >= 11 is 9.18. The molecule has 116 valence electrons. The summed E-state index contributed by atoms with van der Waals surface area (Å²) in [6, 6.07) is 2.75. The van der Waals surface area contributed by atoms with Gasteiger partial charge < -0.3 is 5.32 Å². The van der Waals surface area contributed by atoms with E-state index in [4.69, 9.17) is 22.3 Å². The molecule has 21 heavy (non-hydrogen) atoms. The number of amides is 1. The van der Waals surface area contributed by atoms with Crippen LogP contribution in [0.4, 0.5) is 0 Å². The molecule has 1 aromatic rings. The molecule has 0 unspecified atom stereocenters. The number of carbonyl (C=O) groups excluding carboxylic acids is 1. The molecule has 0 aromatic heterocycles. The minimum Gasteiger partial charge on any atom is -0.351 e. The smallest absolute Gasteiger partial charge is 0.262 e. The summed E-state index contributed by atoms with van der Waals surface area (Å²) in [6.45, 7) is 2.65. The second-order valence-corrected chi connectivity index (χ2v) is 9.07. The summed E-state index contributed by atoms with van der Waals surface area (Å²) in [5.74, 6) is -0.400. The van der Waals surface area contributed by atoms with Gasteiger partial charge in [0, 0.05) is 21.7 Å². The highest BCUT2D eigenvalue weighted by atomic mass is 79.9. The molecule has 0 saturated heterocycles. The number of rotatable bonds is 5. The van der Waals surface area contributed by atoms with Gasteiger partial charge in [0.05, 0.1) is 10.6 Å². The van der Waals surface area contributed by atoms with Crippen LogP contribution in [0.25, 0.3) is 0 Å². The van der Waals surface area contributed by atoms with E-state index in [1.54, 1.807) is 0 Å². The molecule has 1 aliphatic carbocycles. The summed E-state index contributed by atoms with van der Waals surface area (Å²) in [7, 11) is 1.31. The van der Waals surface area contributed by atoms with E-state index in [1.165, 1.54) is 12.1 Å². The molecule has 2 rings (SSSR count). The number of nitrogens with one attached hydrogen (secondary N) is 1. The highest BCUT2D eigenvalue weighted by Gasteiger charge is 2.40. The predicted molar refractivity (Wildman–Crippen MR) is 86.5 cm³/mol. The van der Waals surface area contributed by atoms with E-state index >= 15 is 0 Å². The SMILES string of the molecule is CCC1(CNC(=O)c2cc(Br)cc(S(=O)(=O)Cl)c2Cl)CC1. The first-order valence-corrected chi connectivity index (χ1v) is 9.88. The van der Waals surface area contributed by atoms with Gasteiger partial charge in [0.2, 0.25) is 0 Å². The number of benzene rings is 1. The lowest BCUT2D eigenvalue weighted by Crippen LogP contribution is -2.30. The molecule has 1 aliphatic rings. The molecule has 1 aromatic carbocycles. The van der Waals surface area contributed by atoms with E-state index in [0.717, 1.165) is 19.3 Å². The van der Waals surface area contributed by atoms with Crippen molar-refractivity contribution in [1.82, 2.24) is 5.32 Å². The molecule has 0 radical (unpaired) electrons. The Kier molecular flexibility index (Phi) is 4.93. The minimum absolute atomic E-state index is 0.0946. The summed E-state index contributed by atoms with van der Waals surface area (Å²) in [5.41, 5.74) is 0.285. The Bertz CT molecular complexity index is 687. The van der Waals surface area contributed by atoms with Crippen LogP contribution in [0.1, 0.15) is 36.5 Å². The van der Waals surface area contributed by atoms with Crippen molar-refractivity contribution in [2.75, 3.05) is 6.54 Å². The Morgan fingerprint density at radius 3 is 2.52 bits per heavy atom. The van der Waals surface area contributed by atoms with Gasteiger partial charge in [-0.3, -0.25) is 4.79 Å². The zero-order chi connectivity index (χ0) is 15.8. The molecule has 1 fully saturated rings. The molecular weight excluding hydrogens is 401 g/mol. The monoisotopic (exact) mass is 413 g/mol. The van der Waals surface area contributed by atoms with Crippen LogP contribution in [0.2, 0.25) is 5.02 Å². The Morgan fingerprint density at radius 2 is 2.05 bits per heavy atom. The van der Waals surface area contributed by atoms with Gasteiger partial charge >= 0.3 is 0 Å². The van der Waals surface area contributed by atoms with Gasteiger partial charge in [-0.25, -0.2) is 8.42 Å². The second kappa shape index (κ2) is 6.07. The molecular formula is C13H14BrCl2NO3S. The van der Waals surface area contributed by atoms with E-state index in [-0.39, 0.29) is 20.9 Å². The Morgan fingerprint density at radius 1 is 1.43 bits per heavy atom. The van der Waals surface area contributed by atoms with Crippen LogP contribution in [-0.2, 0) is 9.05 Å². The fourth-order valence-corrected chi connectivity index (χ4v) is 4.29. The number of carbonyl (C=O) groups is 1. The Hall–Kier alpha value is -0.300. The second-order valence-electron chi connectivity index (χ2n) is 5.24.